The van der Waals surface area contributed by atoms with E-state index in [9.17, 15) is 9.59 Å². The number of ketones is 1. The third-order valence-corrected chi connectivity index (χ3v) is 3.42. The smallest absolute Gasteiger partial charge is 0.339 e. The summed E-state index contributed by atoms with van der Waals surface area (Å²) in [6.45, 7) is 3.80. The van der Waals surface area contributed by atoms with E-state index in [0.29, 0.717) is 16.8 Å². The van der Waals surface area contributed by atoms with Crippen molar-refractivity contribution in [2.24, 2.45) is 5.73 Å². The van der Waals surface area contributed by atoms with Gasteiger partial charge in [-0.05, 0) is 38.1 Å². The molecule has 0 atom stereocenters. The highest BCUT2D eigenvalue weighted by atomic mass is 16.5. The Morgan fingerprint density at radius 1 is 1.14 bits per heavy atom. The zero-order chi connectivity index (χ0) is 15.6. The predicted octanol–water partition coefficient (Wildman–Crippen LogP) is 2.02. The molecular formula is C16H18N2O3. The monoisotopic (exact) mass is 286 g/mol. The summed E-state index contributed by atoms with van der Waals surface area (Å²) in [5.41, 5.74) is 8.86. The van der Waals surface area contributed by atoms with Crippen LogP contribution in [0.3, 0.4) is 0 Å². The average molecular weight is 286 g/mol. The van der Waals surface area contributed by atoms with Gasteiger partial charge in [0.2, 0.25) is 0 Å². The molecule has 0 saturated carbocycles. The number of hydrogen-bond donors (Lipinski definition) is 1. The Hall–Kier alpha value is -2.40. The van der Waals surface area contributed by atoms with Gasteiger partial charge < -0.3 is 15.0 Å². The van der Waals surface area contributed by atoms with Crippen LogP contribution in [0.2, 0.25) is 0 Å². The molecule has 0 aliphatic heterocycles. The van der Waals surface area contributed by atoms with Gasteiger partial charge in [0.1, 0.15) is 0 Å². The molecule has 21 heavy (non-hydrogen) atoms. The number of Topliss-reactive ketones (excluding diaryl/α,β-unsaturated/α-hetero) is 1. The first kappa shape index (κ1) is 15.0. The quantitative estimate of drug-likeness (QED) is 0.689. The zero-order valence-electron chi connectivity index (χ0n) is 12.3. The van der Waals surface area contributed by atoms with E-state index in [0.717, 1.165) is 11.4 Å². The van der Waals surface area contributed by atoms with Crippen LogP contribution in [0, 0.1) is 13.8 Å². The zero-order valence-corrected chi connectivity index (χ0v) is 12.3. The Balaban J connectivity index is 2.70. The molecule has 0 aliphatic rings. The predicted molar refractivity (Wildman–Crippen MR) is 80.0 cm³/mol. The number of rotatable bonds is 4. The maximum Gasteiger partial charge on any atom is 0.339 e. The van der Waals surface area contributed by atoms with Crippen LogP contribution in [0.5, 0.6) is 0 Å². The van der Waals surface area contributed by atoms with E-state index in [2.05, 4.69) is 0 Å². The topological polar surface area (TPSA) is 74.3 Å². The molecule has 0 bridgehead atoms. The number of aromatic nitrogens is 1. The molecule has 5 heteroatoms. The molecule has 5 nitrogen and oxygen atoms in total. The van der Waals surface area contributed by atoms with Crippen molar-refractivity contribution < 1.29 is 14.3 Å². The molecular weight excluding hydrogens is 268 g/mol. The minimum absolute atomic E-state index is 0.0688. The lowest BCUT2D eigenvalue weighted by atomic mass is 10.1. The second kappa shape index (κ2) is 5.93. The summed E-state index contributed by atoms with van der Waals surface area (Å²) in [4.78, 5) is 23.8. The van der Waals surface area contributed by atoms with Crippen molar-refractivity contribution in [3.05, 3.63) is 52.8 Å². The lowest BCUT2D eigenvalue weighted by Crippen LogP contribution is -2.16. The summed E-state index contributed by atoms with van der Waals surface area (Å²) in [5, 5.41) is 0. The number of hydrogen-bond acceptors (Lipinski definition) is 4. The number of carbonyl (C=O) groups is 2. The highest BCUT2D eigenvalue weighted by molar-refractivity contribution is 6.00. The lowest BCUT2D eigenvalue weighted by Gasteiger charge is -2.15. The fraction of sp³-hybridized carbons (Fsp3) is 0.250. The molecule has 0 aliphatic carbocycles. The van der Waals surface area contributed by atoms with E-state index in [1.807, 2.05) is 30.5 Å². The van der Waals surface area contributed by atoms with Gasteiger partial charge in [0, 0.05) is 17.0 Å². The van der Waals surface area contributed by atoms with Gasteiger partial charge >= 0.3 is 5.97 Å². The molecule has 0 saturated heterocycles. The van der Waals surface area contributed by atoms with Gasteiger partial charge in [-0.15, -0.1) is 0 Å². The van der Waals surface area contributed by atoms with Crippen LogP contribution in [0.1, 0.15) is 32.1 Å². The van der Waals surface area contributed by atoms with Crippen molar-refractivity contribution in [3.8, 4) is 5.69 Å². The Bertz CT molecular complexity index is 682. The number of nitrogens with zero attached hydrogens (tertiary/aromatic N) is 1. The van der Waals surface area contributed by atoms with E-state index in [4.69, 9.17) is 10.5 Å². The van der Waals surface area contributed by atoms with Crippen molar-refractivity contribution in [1.29, 1.82) is 0 Å². The summed E-state index contributed by atoms with van der Waals surface area (Å²) >= 11 is 0. The first-order valence-electron chi connectivity index (χ1n) is 6.60. The maximum absolute atomic E-state index is 12.0. The summed E-state index contributed by atoms with van der Waals surface area (Å²) in [6, 6.07) is 8.78. The van der Waals surface area contributed by atoms with Crippen LogP contribution in [0.15, 0.2) is 30.3 Å². The van der Waals surface area contributed by atoms with Crippen molar-refractivity contribution in [3.63, 3.8) is 0 Å². The number of ether oxygens (including phenoxy) is 1. The lowest BCUT2D eigenvalue weighted by molar-refractivity contribution is 0.0600. The third kappa shape index (κ3) is 2.73. The van der Waals surface area contributed by atoms with Gasteiger partial charge in [-0.2, -0.15) is 0 Å². The molecule has 1 heterocycles. The van der Waals surface area contributed by atoms with Crippen LogP contribution in [0.25, 0.3) is 5.69 Å². The first-order valence-corrected chi connectivity index (χ1v) is 6.60. The Morgan fingerprint density at radius 2 is 1.76 bits per heavy atom. The Labute approximate surface area is 123 Å². The molecule has 2 rings (SSSR count). The van der Waals surface area contributed by atoms with Crippen LogP contribution in [-0.2, 0) is 4.74 Å². The summed E-state index contributed by atoms with van der Waals surface area (Å²) in [5.74, 6) is -0.612. The molecule has 0 radical (unpaired) electrons. The van der Waals surface area contributed by atoms with Crippen LogP contribution < -0.4 is 5.73 Å². The molecule has 2 aromatic rings. The summed E-state index contributed by atoms with van der Waals surface area (Å²) in [7, 11) is 1.33. The second-order valence-electron chi connectivity index (χ2n) is 4.80. The summed E-state index contributed by atoms with van der Waals surface area (Å²) in [6.07, 6.45) is 0. The number of aryl methyl sites for hydroxylation is 2. The molecule has 0 fully saturated rings. The molecule has 1 aromatic carbocycles. The van der Waals surface area contributed by atoms with E-state index in [1.165, 1.54) is 7.11 Å². The molecule has 0 amide bonds. The van der Waals surface area contributed by atoms with Gasteiger partial charge in [-0.25, -0.2) is 4.79 Å². The molecule has 0 spiro atoms. The van der Waals surface area contributed by atoms with Gasteiger partial charge in [0.15, 0.2) is 5.78 Å². The fourth-order valence-electron chi connectivity index (χ4n) is 2.34. The minimum Gasteiger partial charge on any atom is -0.465 e. The normalized spacial score (nSPS) is 10.5. The number of benzene rings is 1. The molecule has 1 aromatic heterocycles. The van der Waals surface area contributed by atoms with Crippen molar-refractivity contribution in [1.82, 2.24) is 4.57 Å². The van der Waals surface area contributed by atoms with Crippen LogP contribution in [-0.4, -0.2) is 30.0 Å². The Kier molecular flexibility index (Phi) is 4.23. The molecule has 2 N–H and O–H groups in total. The van der Waals surface area contributed by atoms with Gasteiger partial charge in [-0.1, -0.05) is 6.07 Å². The standard InChI is InChI=1S/C16H18N2O3/c1-10-4-5-11(2)18(10)14-8-12(15(19)9-17)6-7-13(14)16(20)21-3/h4-8H,9,17H2,1-3H3. The Morgan fingerprint density at radius 3 is 2.29 bits per heavy atom. The maximum atomic E-state index is 12.0. The third-order valence-electron chi connectivity index (χ3n) is 3.42. The van der Waals surface area contributed by atoms with E-state index in [-0.39, 0.29) is 12.3 Å². The van der Waals surface area contributed by atoms with E-state index in [1.54, 1.807) is 18.2 Å². The van der Waals surface area contributed by atoms with Crippen LogP contribution in [0.4, 0.5) is 0 Å². The highest BCUT2D eigenvalue weighted by Crippen LogP contribution is 2.23. The number of carbonyl (C=O) groups excluding carboxylic acids is 2. The van der Waals surface area contributed by atoms with Crippen LogP contribution >= 0.6 is 0 Å². The fourth-order valence-corrected chi connectivity index (χ4v) is 2.34. The largest absolute Gasteiger partial charge is 0.465 e. The SMILES string of the molecule is COC(=O)c1ccc(C(=O)CN)cc1-n1c(C)ccc1C. The number of esters is 1. The molecule has 110 valence electrons. The molecule has 0 unspecified atom stereocenters. The van der Waals surface area contributed by atoms with E-state index >= 15 is 0 Å². The average Bonchev–Trinajstić information content (AvgIpc) is 2.84. The number of nitrogens with two attached hydrogens (primary N) is 1. The first-order chi connectivity index (χ1) is 9.99. The van der Waals surface area contributed by atoms with Gasteiger partial charge in [0.25, 0.3) is 0 Å². The van der Waals surface area contributed by atoms with Gasteiger partial charge in [0.05, 0.1) is 24.9 Å². The summed E-state index contributed by atoms with van der Waals surface area (Å²) < 4.78 is 6.74. The second-order valence-corrected chi connectivity index (χ2v) is 4.80. The van der Waals surface area contributed by atoms with Crippen molar-refractivity contribution in [2.45, 2.75) is 13.8 Å². The minimum atomic E-state index is -0.441. The van der Waals surface area contributed by atoms with Gasteiger partial charge in [-0.3, -0.25) is 4.79 Å². The van der Waals surface area contributed by atoms with E-state index < -0.39 is 5.97 Å². The highest BCUT2D eigenvalue weighted by Gasteiger charge is 2.17. The number of methoxy groups -OCH3 is 1. The van der Waals surface area contributed by atoms with Crippen molar-refractivity contribution in [2.75, 3.05) is 13.7 Å². The van der Waals surface area contributed by atoms with Crippen molar-refractivity contribution >= 4 is 11.8 Å².